The first-order valence-corrected chi connectivity index (χ1v) is 6.94. The molecule has 0 spiro atoms. The van der Waals surface area contributed by atoms with Gasteiger partial charge in [-0.1, -0.05) is 5.92 Å². The molecule has 0 atom stereocenters. The maximum Gasteiger partial charge on any atom is 0.287 e. The Morgan fingerprint density at radius 1 is 1.47 bits per heavy atom. The van der Waals surface area contributed by atoms with Crippen LogP contribution in [0.2, 0.25) is 0 Å². The molecule has 98 valence electrons. The molecule has 1 heterocycles. The van der Waals surface area contributed by atoms with Gasteiger partial charge < -0.3 is 15.5 Å². The second kappa shape index (κ2) is 6.21. The van der Waals surface area contributed by atoms with Gasteiger partial charge in [0.05, 0.1) is 5.75 Å². The number of nitrogen functional groups attached to an aromatic ring is 1. The van der Waals surface area contributed by atoms with E-state index in [0.717, 1.165) is 11.1 Å². The molecule has 4 nitrogen and oxygen atoms in total. The number of thioether (sulfide) groups is 1. The van der Waals surface area contributed by atoms with Gasteiger partial charge in [0.1, 0.15) is 5.58 Å². The van der Waals surface area contributed by atoms with Crippen LogP contribution in [0.25, 0.3) is 11.0 Å². The summed E-state index contributed by atoms with van der Waals surface area (Å²) >= 11 is 1.60. The first-order chi connectivity index (χ1) is 9.20. The van der Waals surface area contributed by atoms with Crippen LogP contribution >= 0.6 is 11.8 Å². The second-order valence-corrected chi connectivity index (χ2v) is 5.03. The van der Waals surface area contributed by atoms with Gasteiger partial charge in [-0.15, -0.1) is 18.2 Å². The molecular formula is C14H14N2O2S. The molecule has 0 aliphatic heterocycles. The number of carbonyl (C=O) groups excluding carboxylic acids is 1. The van der Waals surface area contributed by atoms with Crippen molar-refractivity contribution in [1.82, 2.24) is 5.32 Å². The average Bonchev–Trinajstić information content (AvgIpc) is 2.81. The lowest BCUT2D eigenvalue weighted by Crippen LogP contribution is -2.25. The number of benzene rings is 1. The van der Waals surface area contributed by atoms with E-state index < -0.39 is 0 Å². The first-order valence-electron chi connectivity index (χ1n) is 5.79. The summed E-state index contributed by atoms with van der Waals surface area (Å²) in [6.45, 7) is 0.560. The van der Waals surface area contributed by atoms with Gasteiger partial charge in [-0.3, -0.25) is 4.79 Å². The van der Waals surface area contributed by atoms with Crippen LogP contribution in [0, 0.1) is 12.3 Å². The third-order valence-electron chi connectivity index (χ3n) is 2.48. The lowest BCUT2D eigenvalue weighted by Gasteiger charge is -2.01. The van der Waals surface area contributed by atoms with Gasteiger partial charge in [0.15, 0.2) is 5.76 Å². The van der Waals surface area contributed by atoms with Crippen LogP contribution in [-0.2, 0) is 0 Å². The minimum atomic E-state index is -0.226. The van der Waals surface area contributed by atoms with E-state index in [2.05, 4.69) is 11.2 Å². The van der Waals surface area contributed by atoms with Crippen LogP contribution in [0.5, 0.6) is 0 Å². The van der Waals surface area contributed by atoms with Crippen molar-refractivity contribution in [2.45, 2.75) is 0 Å². The fraction of sp³-hybridized carbons (Fsp3) is 0.214. The summed E-state index contributed by atoms with van der Waals surface area (Å²) in [6, 6.07) is 6.96. The van der Waals surface area contributed by atoms with Crippen molar-refractivity contribution in [2.24, 2.45) is 0 Å². The number of amides is 1. The van der Waals surface area contributed by atoms with Gasteiger partial charge >= 0.3 is 0 Å². The molecule has 0 saturated carbocycles. The van der Waals surface area contributed by atoms with E-state index in [1.807, 2.05) is 0 Å². The quantitative estimate of drug-likeness (QED) is 0.498. The maximum absolute atomic E-state index is 11.8. The smallest absolute Gasteiger partial charge is 0.287 e. The molecule has 3 N–H and O–H groups in total. The van der Waals surface area contributed by atoms with Crippen LogP contribution in [0.3, 0.4) is 0 Å². The summed E-state index contributed by atoms with van der Waals surface area (Å²) in [5.74, 6) is 4.03. The lowest BCUT2D eigenvalue weighted by atomic mass is 10.2. The van der Waals surface area contributed by atoms with E-state index in [1.54, 1.807) is 36.0 Å². The Labute approximate surface area is 115 Å². The number of furan rings is 1. The largest absolute Gasteiger partial charge is 0.451 e. The van der Waals surface area contributed by atoms with E-state index in [1.165, 1.54) is 0 Å². The molecule has 0 radical (unpaired) electrons. The van der Waals surface area contributed by atoms with Gasteiger partial charge in [0.25, 0.3) is 5.91 Å². The number of fused-ring (bicyclic) bond motifs is 1. The van der Waals surface area contributed by atoms with Crippen molar-refractivity contribution in [2.75, 3.05) is 23.8 Å². The third kappa shape index (κ3) is 3.46. The summed E-state index contributed by atoms with van der Waals surface area (Å²) in [7, 11) is 0. The van der Waals surface area contributed by atoms with Crippen molar-refractivity contribution in [3.63, 3.8) is 0 Å². The zero-order chi connectivity index (χ0) is 13.7. The molecule has 0 fully saturated rings. The zero-order valence-corrected chi connectivity index (χ0v) is 11.1. The van der Waals surface area contributed by atoms with Gasteiger partial charge in [-0.25, -0.2) is 0 Å². The van der Waals surface area contributed by atoms with Gasteiger partial charge in [-0.2, -0.15) is 0 Å². The van der Waals surface area contributed by atoms with Crippen LogP contribution in [-0.4, -0.2) is 24.0 Å². The summed E-state index contributed by atoms with van der Waals surface area (Å²) in [5, 5.41) is 3.61. The molecule has 0 aliphatic rings. The highest BCUT2D eigenvalue weighted by Crippen LogP contribution is 2.21. The minimum absolute atomic E-state index is 0.226. The molecule has 0 saturated heterocycles. The molecule has 2 aromatic rings. The molecule has 5 heteroatoms. The Morgan fingerprint density at radius 2 is 2.32 bits per heavy atom. The van der Waals surface area contributed by atoms with Crippen molar-refractivity contribution in [3.05, 3.63) is 30.0 Å². The van der Waals surface area contributed by atoms with E-state index in [4.69, 9.17) is 16.6 Å². The fourth-order valence-electron chi connectivity index (χ4n) is 1.63. The Kier molecular flexibility index (Phi) is 4.37. The summed E-state index contributed by atoms with van der Waals surface area (Å²) in [5.41, 5.74) is 6.97. The average molecular weight is 274 g/mol. The second-order valence-electron chi connectivity index (χ2n) is 3.92. The summed E-state index contributed by atoms with van der Waals surface area (Å²) < 4.78 is 5.46. The van der Waals surface area contributed by atoms with E-state index in [9.17, 15) is 4.79 Å². The third-order valence-corrected chi connectivity index (χ3v) is 3.35. The van der Waals surface area contributed by atoms with Gasteiger partial charge in [0.2, 0.25) is 0 Å². The Bertz CT molecular complexity index is 628. The Balaban J connectivity index is 1.96. The molecular weight excluding hydrogens is 260 g/mol. The van der Waals surface area contributed by atoms with Gasteiger partial charge in [-0.05, 0) is 24.3 Å². The maximum atomic E-state index is 11.8. The summed E-state index contributed by atoms with van der Waals surface area (Å²) in [6.07, 6.45) is 5.13. The highest BCUT2D eigenvalue weighted by molar-refractivity contribution is 7.99. The summed E-state index contributed by atoms with van der Waals surface area (Å²) in [4.78, 5) is 11.8. The molecule has 1 aromatic heterocycles. The van der Waals surface area contributed by atoms with Gasteiger partial charge in [0, 0.05) is 23.4 Å². The standard InChI is InChI=1S/C14H14N2O2S/c1-2-6-19-7-5-16-14(17)13-9-10-8-11(15)3-4-12(10)18-13/h1,3-4,8-9H,5-7,15H2,(H,16,17). The molecule has 19 heavy (non-hydrogen) atoms. The van der Waals surface area contributed by atoms with Crippen LogP contribution in [0.1, 0.15) is 10.6 Å². The Morgan fingerprint density at radius 3 is 3.11 bits per heavy atom. The minimum Gasteiger partial charge on any atom is -0.451 e. The number of hydrogen-bond donors (Lipinski definition) is 2. The Hall–Kier alpha value is -2.06. The number of carbonyl (C=O) groups is 1. The van der Waals surface area contributed by atoms with Crippen molar-refractivity contribution in [1.29, 1.82) is 0 Å². The van der Waals surface area contributed by atoms with Crippen LogP contribution in [0.15, 0.2) is 28.7 Å². The first kappa shape index (κ1) is 13.4. The van der Waals surface area contributed by atoms with Crippen molar-refractivity contribution in [3.8, 4) is 12.3 Å². The molecule has 1 amide bonds. The van der Waals surface area contributed by atoms with Crippen LogP contribution in [0.4, 0.5) is 5.69 Å². The van der Waals surface area contributed by atoms with Crippen molar-refractivity contribution >= 4 is 34.3 Å². The van der Waals surface area contributed by atoms with Crippen LogP contribution < -0.4 is 11.1 Å². The number of anilines is 1. The van der Waals surface area contributed by atoms with Crippen molar-refractivity contribution < 1.29 is 9.21 Å². The zero-order valence-electron chi connectivity index (χ0n) is 10.3. The molecule has 0 bridgehead atoms. The van der Waals surface area contributed by atoms with E-state index in [-0.39, 0.29) is 5.91 Å². The number of nitrogens with two attached hydrogens (primary N) is 1. The SMILES string of the molecule is C#CCSCCNC(=O)c1cc2cc(N)ccc2o1. The highest BCUT2D eigenvalue weighted by Gasteiger charge is 2.11. The molecule has 0 aliphatic carbocycles. The number of nitrogens with one attached hydrogen (secondary N) is 1. The van der Waals surface area contributed by atoms with E-state index in [0.29, 0.717) is 29.3 Å². The number of hydrogen-bond acceptors (Lipinski definition) is 4. The predicted molar refractivity (Wildman–Crippen MR) is 79.1 cm³/mol. The predicted octanol–water partition coefficient (Wildman–Crippen LogP) is 2.11. The van der Waals surface area contributed by atoms with E-state index >= 15 is 0 Å². The fourth-order valence-corrected chi connectivity index (χ4v) is 2.14. The molecule has 0 unspecified atom stereocenters. The monoisotopic (exact) mass is 274 g/mol. The number of terminal acetylenes is 1. The topological polar surface area (TPSA) is 68.3 Å². The highest BCUT2D eigenvalue weighted by atomic mass is 32.2. The number of rotatable bonds is 5. The normalized spacial score (nSPS) is 10.3. The lowest BCUT2D eigenvalue weighted by molar-refractivity contribution is 0.0930. The molecule has 1 aromatic carbocycles. The molecule has 2 rings (SSSR count).